The highest BCUT2D eigenvalue weighted by molar-refractivity contribution is 7.89. The molecule has 0 spiro atoms. The summed E-state index contributed by atoms with van der Waals surface area (Å²) in [5.74, 6) is 0.162. The van der Waals surface area contributed by atoms with Crippen LogP contribution in [0.1, 0.15) is 18.9 Å². The summed E-state index contributed by atoms with van der Waals surface area (Å²) >= 11 is 0. The van der Waals surface area contributed by atoms with E-state index in [1.54, 1.807) is 18.2 Å². The average Bonchev–Trinajstić information content (AvgIpc) is 2.15. The van der Waals surface area contributed by atoms with E-state index in [0.29, 0.717) is 18.7 Å². The van der Waals surface area contributed by atoms with Crippen molar-refractivity contribution in [2.75, 3.05) is 11.5 Å². The fourth-order valence-corrected chi connectivity index (χ4v) is 2.31. The molecule has 0 fully saturated rings. The molecule has 4 nitrogen and oxygen atoms in total. The number of nitrogens with two attached hydrogens (primary N) is 1. The number of sulfonamides is 1. The molecule has 0 aliphatic heterocycles. The maximum atomic E-state index is 11.3. The predicted octanol–water partition coefficient (Wildman–Crippen LogP) is 1.10. The van der Waals surface area contributed by atoms with Crippen LogP contribution in [0.25, 0.3) is 0 Å². The molecule has 15 heavy (non-hydrogen) atoms. The highest BCUT2D eigenvalue weighted by Crippen LogP contribution is 2.06. The minimum absolute atomic E-state index is 0.162. The van der Waals surface area contributed by atoms with E-state index >= 15 is 0 Å². The van der Waals surface area contributed by atoms with Crippen LogP contribution in [0.5, 0.6) is 0 Å². The first-order valence-corrected chi connectivity index (χ1v) is 6.50. The second kappa shape index (κ2) is 5.14. The molecule has 0 aromatic heterocycles. The molecular weight excluding hydrogens is 212 g/mol. The van der Waals surface area contributed by atoms with Gasteiger partial charge in [0.2, 0.25) is 10.0 Å². The lowest BCUT2D eigenvalue weighted by Crippen LogP contribution is -2.25. The SMILES string of the molecule is CCCS(=O)(=O)NCc1cccc(N)c1. The molecular formula is C10H16N2O2S. The van der Waals surface area contributed by atoms with Gasteiger partial charge in [-0.1, -0.05) is 19.1 Å². The smallest absolute Gasteiger partial charge is 0.211 e. The van der Waals surface area contributed by atoms with Crippen LogP contribution in [0.3, 0.4) is 0 Å². The third-order valence-electron chi connectivity index (χ3n) is 1.92. The van der Waals surface area contributed by atoms with Crippen LogP contribution in [-0.2, 0) is 16.6 Å². The Hall–Kier alpha value is -1.07. The monoisotopic (exact) mass is 228 g/mol. The Kier molecular flexibility index (Phi) is 4.11. The van der Waals surface area contributed by atoms with Gasteiger partial charge in [0, 0.05) is 12.2 Å². The molecule has 0 bridgehead atoms. The van der Waals surface area contributed by atoms with E-state index in [0.717, 1.165) is 5.56 Å². The zero-order valence-electron chi connectivity index (χ0n) is 8.73. The predicted molar refractivity (Wildman–Crippen MR) is 61.8 cm³/mol. The molecule has 0 amide bonds. The lowest BCUT2D eigenvalue weighted by atomic mass is 10.2. The number of hydrogen-bond donors (Lipinski definition) is 2. The summed E-state index contributed by atoms with van der Waals surface area (Å²) in [5.41, 5.74) is 7.09. The summed E-state index contributed by atoms with van der Waals surface area (Å²) in [4.78, 5) is 0. The number of benzene rings is 1. The van der Waals surface area contributed by atoms with Crippen LogP contribution in [0, 0.1) is 0 Å². The fraction of sp³-hybridized carbons (Fsp3) is 0.400. The van der Waals surface area contributed by atoms with Gasteiger partial charge in [0.1, 0.15) is 0 Å². The molecule has 0 heterocycles. The zero-order valence-corrected chi connectivity index (χ0v) is 9.55. The molecule has 0 atom stereocenters. The quantitative estimate of drug-likeness (QED) is 0.741. The van der Waals surface area contributed by atoms with Gasteiger partial charge in [-0.15, -0.1) is 0 Å². The van der Waals surface area contributed by atoms with Gasteiger partial charge in [-0.05, 0) is 24.1 Å². The lowest BCUT2D eigenvalue weighted by Gasteiger charge is -2.05. The molecule has 1 rings (SSSR count). The minimum Gasteiger partial charge on any atom is -0.399 e. The molecule has 5 heteroatoms. The van der Waals surface area contributed by atoms with Crippen molar-refractivity contribution in [3.63, 3.8) is 0 Å². The summed E-state index contributed by atoms with van der Waals surface area (Å²) in [6, 6.07) is 7.17. The van der Waals surface area contributed by atoms with E-state index in [9.17, 15) is 8.42 Å². The van der Waals surface area contributed by atoms with Crippen LogP contribution >= 0.6 is 0 Å². The Balaban J connectivity index is 2.58. The molecule has 0 aliphatic carbocycles. The Morgan fingerprint density at radius 1 is 1.40 bits per heavy atom. The molecule has 3 N–H and O–H groups in total. The molecule has 0 radical (unpaired) electrons. The Bertz CT molecular complexity index is 415. The van der Waals surface area contributed by atoms with Crippen molar-refractivity contribution in [2.45, 2.75) is 19.9 Å². The second-order valence-electron chi connectivity index (χ2n) is 3.39. The van der Waals surface area contributed by atoms with Gasteiger partial charge in [-0.25, -0.2) is 13.1 Å². The second-order valence-corrected chi connectivity index (χ2v) is 5.31. The lowest BCUT2D eigenvalue weighted by molar-refractivity contribution is 0.580. The van der Waals surface area contributed by atoms with Crippen molar-refractivity contribution in [3.8, 4) is 0 Å². The Morgan fingerprint density at radius 3 is 2.73 bits per heavy atom. The standard InChI is InChI=1S/C10H16N2O2S/c1-2-6-15(13,14)12-8-9-4-3-5-10(11)7-9/h3-5,7,12H,2,6,8,11H2,1H3. The topological polar surface area (TPSA) is 72.2 Å². The third-order valence-corrected chi connectivity index (χ3v) is 3.45. The van der Waals surface area contributed by atoms with Crippen molar-refractivity contribution >= 4 is 15.7 Å². The molecule has 0 aliphatic rings. The number of anilines is 1. The Labute approximate surface area is 90.5 Å². The zero-order chi connectivity index (χ0) is 11.3. The van der Waals surface area contributed by atoms with Crippen LogP contribution in [-0.4, -0.2) is 14.2 Å². The largest absolute Gasteiger partial charge is 0.399 e. The Morgan fingerprint density at radius 2 is 2.13 bits per heavy atom. The first-order valence-electron chi connectivity index (χ1n) is 4.85. The maximum Gasteiger partial charge on any atom is 0.211 e. The normalized spacial score (nSPS) is 11.5. The highest BCUT2D eigenvalue weighted by atomic mass is 32.2. The fourth-order valence-electron chi connectivity index (χ4n) is 1.24. The van der Waals surface area contributed by atoms with E-state index in [-0.39, 0.29) is 5.75 Å². The molecule has 1 aromatic rings. The summed E-state index contributed by atoms with van der Waals surface area (Å²) in [7, 11) is -3.13. The van der Waals surface area contributed by atoms with E-state index in [4.69, 9.17) is 5.73 Å². The summed E-state index contributed by atoms with van der Waals surface area (Å²) in [6.45, 7) is 2.13. The van der Waals surface area contributed by atoms with Crippen molar-refractivity contribution in [3.05, 3.63) is 29.8 Å². The number of nitrogens with one attached hydrogen (secondary N) is 1. The first-order chi connectivity index (χ1) is 7.03. The van der Waals surface area contributed by atoms with E-state index in [2.05, 4.69) is 4.72 Å². The molecule has 84 valence electrons. The third kappa shape index (κ3) is 4.31. The van der Waals surface area contributed by atoms with Gasteiger partial charge in [-0.2, -0.15) is 0 Å². The van der Waals surface area contributed by atoms with Crippen molar-refractivity contribution < 1.29 is 8.42 Å². The number of hydrogen-bond acceptors (Lipinski definition) is 3. The van der Waals surface area contributed by atoms with Gasteiger partial charge in [0.25, 0.3) is 0 Å². The average molecular weight is 228 g/mol. The van der Waals surface area contributed by atoms with Gasteiger partial charge in [0.05, 0.1) is 5.75 Å². The van der Waals surface area contributed by atoms with E-state index in [1.165, 1.54) is 0 Å². The molecule has 0 saturated carbocycles. The van der Waals surface area contributed by atoms with Crippen molar-refractivity contribution in [1.82, 2.24) is 4.72 Å². The molecule has 1 aromatic carbocycles. The summed E-state index contributed by atoms with van der Waals surface area (Å²) in [6.07, 6.45) is 0.617. The molecule has 0 unspecified atom stereocenters. The van der Waals surface area contributed by atoms with E-state index < -0.39 is 10.0 Å². The van der Waals surface area contributed by atoms with E-state index in [1.807, 2.05) is 13.0 Å². The van der Waals surface area contributed by atoms with Gasteiger partial charge in [-0.3, -0.25) is 0 Å². The van der Waals surface area contributed by atoms with Gasteiger partial charge < -0.3 is 5.73 Å². The van der Waals surface area contributed by atoms with Gasteiger partial charge >= 0.3 is 0 Å². The highest BCUT2D eigenvalue weighted by Gasteiger charge is 2.07. The van der Waals surface area contributed by atoms with Crippen LogP contribution in [0.4, 0.5) is 5.69 Å². The van der Waals surface area contributed by atoms with Crippen LogP contribution in [0.2, 0.25) is 0 Å². The summed E-state index contributed by atoms with van der Waals surface area (Å²) < 4.78 is 25.2. The van der Waals surface area contributed by atoms with Gasteiger partial charge in [0.15, 0.2) is 0 Å². The van der Waals surface area contributed by atoms with Crippen molar-refractivity contribution in [1.29, 1.82) is 0 Å². The first kappa shape index (κ1) is 12.0. The minimum atomic E-state index is -3.13. The van der Waals surface area contributed by atoms with Crippen molar-refractivity contribution in [2.24, 2.45) is 0 Å². The number of rotatable bonds is 5. The number of nitrogen functional groups attached to an aromatic ring is 1. The maximum absolute atomic E-state index is 11.3. The molecule has 0 saturated heterocycles. The summed E-state index contributed by atoms with van der Waals surface area (Å²) in [5, 5.41) is 0. The van der Waals surface area contributed by atoms with Crippen LogP contribution < -0.4 is 10.5 Å². The van der Waals surface area contributed by atoms with Crippen LogP contribution in [0.15, 0.2) is 24.3 Å².